The minimum absolute atomic E-state index is 0.103. The molecule has 0 unspecified atom stereocenters. The maximum Gasteiger partial charge on any atom is 0.203 e. The number of rotatable bonds is 4. The number of halogens is 1. The summed E-state index contributed by atoms with van der Waals surface area (Å²) in [4.78, 5) is 11.9. The van der Waals surface area contributed by atoms with Gasteiger partial charge in [0.25, 0.3) is 0 Å². The Bertz CT molecular complexity index is 652. The van der Waals surface area contributed by atoms with E-state index in [-0.39, 0.29) is 29.5 Å². The number of phenolic OH excluding ortho intramolecular Hbond substituents is 2. The van der Waals surface area contributed by atoms with E-state index >= 15 is 0 Å². The van der Waals surface area contributed by atoms with Crippen molar-refractivity contribution in [1.29, 1.82) is 0 Å². The summed E-state index contributed by atoms with van der Waals surface area (Å²) in [7, 11) is 0. The van der Waals surface area contributed by atoms with Crippen LogP contribution >= 0.6 is 11.6 Å². The third-order valence-electron chi connectivity index (χ3n) is 2.78. The molecule has 0 bridgehead atoms. The van der Waals surface area contributed by atoms with Crippen LogP contribution in [0.4, 0.5) is 0 Å². The van der Waals surface area contributed by atoms with Gasteiger partial charge in [-0.05, 0) is 42.8 Å². The van der Waals surface area contributed by atoms with E-state index < -0.39 is 0 Å². The smallest absolute Gasteiger partial charge is 0.203 e. The summed E-state index contributed by atoms with van der Waals surface area (Å²) in [5.41, 5.74) is 0.956. The topological polar surface area (TPSA) is 66.8 Å². The molecule has 0 saturated carbocycles. The van der Waals surface area contributed by atoms with Crippen LogP contribution in [-0.2, 0) is 0 Å². The average Bonchev–Trinajstić information content (AvgIpc) is 2.40. The van der Waals surface area contributed by atoms with Crippen molar-refractivity contribution < 1.29 is 19.7 Å². The summed E-state index contributed by atoms with van der Waals surface area (Å²) in [6, 6.07) is 8.88. The molecular weight excluding hydrogens is 280 g/mol. The second-order valence-electron chi connectivity index (χ2n) is 4.32. The summed E-state index contributed by atoms with van der Waals surface area (Å²) >= 11 is 5.90. The van der Waals surface area contributed by atoms with Crippen LogP contribution in [0.1, 0.15) is 15.9 Å². The molecule has 0 heterocycles. The Hall–Kier alpha value is -2.20. The number of carbonyl (C=O) groups is 1. The van der Waals surface area contributed by atoms with Crippen LogP contribution in [0.3, 0.4) is 0 Å². The van der Waals surface area contributed by atoms with Gasteiger partial charge in [-0.3, -0.25) is 4.79 Å². The van der Waals surface area contributed by atoms with Crippen molar-refractivity contribution in [2.45, 2.75) is 6.92 Å². The maximum absolute atomic E-state index is 11.9. The third kappa shape index (κ3) is 3.22. The van der Waals surface area contributed by atoms with Crippen molar-refractivity contribution in [2.75, 3.05) is 6.61 Å². The number of aromatic hydroxyl groups is 2. The van der Waals surface area contributed by atoms with E-state index in [4.69, 9.17) is 21.4 Å². The maximum atomic E-state index is 11.9. The monoisotopic (exact) mass is 292 g/mol. The number of hydrogen-bond donors (Lipinski definition) is 2. The molecule has 5 heteroatoms. The quantitative estimate of drug-likeness (QED) is 0.848. The number of ketones is 1. The standard InChI is InChI=1S/C15H13ClO4/c1-9-6-11(3-5-13(9)16)20-8-15(19)12-4-2-10(17)7-14(12)18/h2-7,17-18H,8H2,1H3. The molecule has 0 atom stereocenters. The lowest BCUT2D eigenvalue weighted by Gasteiger charge is -2.08. The highest BCUT2D eigenvalue weighted by Crippen LogP contribution is 2.24. The zero-order valence-electron chi connectivity index (χ0n) is 10.8. The Morgan fingerprint density at radius 3 is 2.60 bits per heavy atom. The SMILES string of the molecule is Cc1cc(OCC(=O)c2ccc(O)cc2O)ccc1Cl. The Balaban J connectivity index is 2.06. The number of aryl methyl sites for hydroxylation is 1. The molecule has 0 aromatic heterocycles. The van der Waals surface area contributed by atoms with Crippen molar-refractivity contribution in [3.63, 3.8) is 0 Å². The Kier molecular flexibility index (Phi) is 4.15. The molecule has 0 amide bonds. The fourth-order valence-corrected chi connectivity index (χ4v) is 1.81. The zero-order valence-corrected chi connectivity index (χ0v) is 11.5. The minimum Gasteiger partial charge on any atom is -0.508 e. The second kappa shape index (κ2) is 5.84. The molecule has 0 fully saturated rings. The van der Waals surface area contributed by atoms with Crippen LogP contribution in [0, 0.1) is 6.92 Å². The predicted octanol–water partition coefficient (Wildman–Crippen LogP) is 3.32. The predicted molar refractivity (Wildman–Crippen MR) is 75.8 cm³/mol. The number of ether oxygens (including phenoxy) is 1. The molecule has 4 nitrogen and oxygen atoms in total. The first-order chi connectivity index (χ1) is 9.47. The van der Waals surface area contributed by atoms with Crippen molar-refractivity contribution in [1.82, 2.24) is 0 Å². The summed E-state index contributed by atoms with van der Waals surface area (Å²) in [6.07, 6.45) is 0. The molecule has 0 aliphatic carbocycles. The summed E-state index contributed by atoms with van der Waals surface area (Å²) in [5, 5.41) is 19.4. The van der Waals surface area contributed by atoms with Gasteiger partial charge in [0.2, 0.25) is 5.78 Å². The summed E-state index contributed by atoms with van der Waals surface area (Å²) < 4.78 is 5.36. The highest BCUT2D eigenvalue weighted by atomic mass is 35.5. The van der Waals surface area contributed by atoms with Gasteiger partial charge >= 0.3 is 0 Å². The van der Waals surface area contributed by atoms with E-state index in [1.54, 1.807) is 18.2 Å². The Morgan fingerprint density at radius 1 is 1.20 bits per heavy atom. The van der Waals surface area contributed by atoms with Gasteiger partial charge < -0.3 is 14.9 Å². The van der Waals surface area contributed by atoms with Gasteiger partial charge in [-0.1, -0.05) is 11.6 Å². The van der Waals surface area contributed by atoms with Gasteiger partial charge in [0.15, 0.2) is 6.61 Å². The number of phenols is 2. The minimum atomic E-state index is -0.380. The Labute approximate surface area is 121 Å². The summed E-state index contributed by atoms with van der Waals surface area (Å²) in [6.45, 7) is 1.63. The van der Waals surface area contributed by atoms with Gasteiger partial charge in [-0.15, -0.1) is 0 Å². The molecule has 0 aliphatic rings. The molecule has 0 saturated heterocycles. The number of hydrogen-bond acceptors (Lipinski definition) is 4. The second-order valence-corrected chi connectivity index (χ2v) is 4.73. The first kappa shape index (κ1) is 14.2. The van der Waals surface area contributed by atoms with Gasteiger partial charge in [-0.25, -0.2) is 0 Å². The van der Waals surface area contributed by atoms with Crippen molar-refractivity contribution in [3.05, 3.63) is 52.5 Å². The van der Waals surface area contributed by atoms with Crippen LogP contribution < -0.4 is 4.74 Å². The van der Waals surface area contributed by atoms with E-state index in [0.29, 0.717) is 10.8 Å². The first-order valence-corrected chi connectivity index (χ1v) is 6.29. The van der Waals surface area contributed by atoms with Crippen LogP contribution in [-0.4, -0.2) is 22.6 Å². The molecule has 0 aliphatic heterocycles. The van der Waals surface area contributed by atoms with E-state index in [9.17, 15) is 9.90 Å². The normalized spacial score (nSPS) is 10.3. The van der Waals surface area contributed by atoms with Gasteiger partial charge in [0, 0.05) is 11.1 Å². The number of Topliss-reactive ketones (excluding diaryl/α,β-unsaturated/α-hetero) is 1. The molecule has 20 heavy (non-hydrogen) atoms. The van der Waals surface area contributed by atoms with Crippen molar-refractivity contribution in [3.8, 4) is 17.2 Å². The average molecular weight is 293 g/mol. The largest absolute Gasteiger partial charge is 0.508 e. The fourth-order valence-electron chi connectivity index (χ4n) is 1.69. The highest BCUT2D eigenvalue weighted by Gasteiger charge is 2.12. The molecule has 2 N–H and O–H groups in total. The van der Waals surface area contributed by atoms with E-state index in [1.807, 2.05) is 6.92 Å². The molecule has 104 valence electrons. The lowest BCUT2D eigenvalue weighted by Crippen LogP contribution is -2.11. The lowest BCUT2D eigenvalue weighted by atomic mass is 10.1. The molecule has 0 spiro atoms. The molecule has 2 aromatic rings. The lowest BCUT2D eigenvalue weighted by molar-refractivity contribution is 0.0918. The molecule has 2 rings (SSSR count). The van der Waals surface area contributed by atoms with Gasteiger partial charge in [0.1, 0.15) is 17.2 Å². The van der Waals surface area contributed by atoms with Crippen LogP contribution in [0.25, 0.3) is 0 Å². The van der Waals surface area contributed by atoms with Crippen molar-refractivity contribution in [2.24, 2.45) is 0 Å². The fraction of sp³-hybridized carbons (Fsp3) is 0.133. The highest BCUT2D eigenvalue weighted by molar-refractivity contribution is 6.31. The van der Waals surface area contributed by atoms with Gasteiger partial charge in [-0.2, -0.15) is 0 Å². The molecule has 0 radical (unpaired) electrons. The van der Waals surface area contributed by atoms with Crippen molar-refractivity contribution >= 4 is 17.4 Å². The van der Waals surface area contributed by atoms with Crippen LogP contribution in [0.15, 0.2) is 36.4 Å². The van der Waals surface area contributed by atoms with Gasteiger partial charge in [0.05, 0.1) is 5.56 Å². The van der Waals surface area contributed by atoms with E-state index in [2.05, 4.69) is 0 Å². The number of carbonyl (C=O) groups excluding carboxylic acids is 1. The van der Waals surface area contributed by atoms with E-state index in [1.165, 1.54) is 12.1 Å². The number of benzene rings is 2. The van der Waals surface area contributed by atoms with Crippen LogP contribution in [0.5, 0.6) is 17.2 Å². The van der Waals surface area contributed by atoms with Crippen LogP contribution in [0.2, 0.25) is 5.02 Å². The Morgan fingerprint density at radius 2 is 1.95 bits per heavy atom. The first-order valence-electron chi connectivity index (χ1n) is 5.91. The zero-order chi connectivity index (χ0) is 14.7. The summed E-state index contributed by atoms with van der Waals surface area (Å²) in [5.74, 6) is -0.229. The third-order valence-corrected chi connectivity index (χ3v) is 3.21. The van der Waals surface area contributed by atoms with E-state index in [0.717, 1.165) is 11.6 Å². The molecular formula is C15H13ClO4. The molecule has 2 aromatic carbocycles.